The molecular formula is C18H18N2O2S. The van der Waals surface area contributed by atoms with E-state index >= 15 is 0 Å². The molecule has 2 amide bonds. The van der Waals surface area contributed by atoms with Gasteiger partial charge in [0.2, 0.25) is 11.8 Å². The van der Waals surface area contributed by atoms with E-state index in [2.05, 4.69) is 12.2 Å². The zero-order valence-electron chi connectivity index (χ0n) is 12.9. The average Bonchev–Trinajstić information content (AvgIpc) is 2.57. The Morgan fingerprint density at radius 2 is 2.04 bits per heavy atom. The van der Waals surface area contributed by atoms with Gasteiger partial charge in [-0.15, -0.1) is 11.8 Å². The first-order chi connectivity index (χ1) is 11.2. The van der Waals surface area contributed by atoms with Gasteiger partial charge >= 0.3 is 0 Å². The maximum atomic E-state index is 12.3. The van der Waals surface area contributed by atoms with E-state index in [1.165, 1.54) is 17.3 Å². The Labute approximate surface area is 139 Å². The number of thioether (sulfide) groups is 1. The van der Waals surface area contributed by atoms with Crippen molar-refractivity contribution < 1.29 is 9.59 Å². The van der Waals surface area contributed by atoms with E-state index in [4.69, 9.17) is 0 Å². The number of para-hydroxylation sites is 1. The topological polar surface area (TPSA) is 49.4 Å². The van der Waals surface area contributed by atoms with Gasteiger partial charge in [0.1, 0.15) is 6.54 Å². The number of carbonyl (C=O) groups is 2. The molecule has 4 nitrogen and oxygen atoms in total. The number of rotatable bonds is 4. The molecule has 0 fully saturated rings. The zero-order valence-corrected chi connectivity index (χ0v) is 13.7. The lowest BCUT2D eigenvalue weighted by molar-refractivity contribution is -0.120. The summed E-state index contributed by atoms with van der Waals surface area (Å²) in [6.45, 7) is 2.11. The number of amides is 2. The fourth-order valence-corrected chi connectivity index (χ4v) is 3.48. The van der Waals surface area contributed by atoms with E-state index < -0.39 is 0 Å². The lowest BCUT2D eigenvalue weighted by atomic mass is 10.1. The number of nitrogens with one attached hydrogen (secondary N) is 1. The van der Waals surface area contributed by atoms with Crippen molar-refractivity contribution in [2.75, 3.05) is 22.5 Å². The van der Waals surface area contributed by atoms with E-state index in [1.807, 2.05) is 48.5 Å². The van der Waals surface area contributed by atoms with Crippen molar-refractivity contribution in [3.05, 3.63) is 54.1 Å². The number of fused-ring (bicyclic) bond motifs is 1. The Kier molecular flexibility index (Phi) is 4.67. The molecule has 2 aromatic carbocycles. The second kappa shape index (κ2) is 6.87. The van der Waals surface area contributed by atoms with E-state index in [9.17, 15) is 9.59 Å². The van der Waals surface area contributed by atoms with Crippen molar-refractivity contribution in [3.63, 3.8) is 0 Å². The number of benzene rings is 2. The molecule has 1 N–H and O–H groups in total. The van der Waals surface area contributed by atoms with Crippen LogP contribution in [0.5, 0.6) is 0 Å². The third kappa shape index (κ3) is 3.56. The van der Waals surface area contributed by atoms with Gasteiger partial charge in [0.05, 0.1) is 11.4 Å². The first-order valence-electron chi connectivity index (χ1n) is 7.58. The number of anilines is 2. The third-order valence-corrected chi connectivity index (χ3v) is 4.78. The highest BCUT2D eigenvalue weighted by molar-refractivity contribution is 8.00. The summed E-state index contributed by atoms with van der Waals surface area (Å²) in [7, 11) is 0. The molecule has 0 saturated carbocycles. The van der Waals surface area contributed by atoms with E-state index in [-0.39, 0.29) is 18.4 Å². The number of hydrogen-bond donors (Lipinski definition) is 1. The monoisotopic (exact) mass is 326 g/mol. The standard InChI is InChI=1S/C18H18N2O2S/c1-2-13-6-5-7-14(10-13)19-17(21)11-20-15-8-3-4-9-16(15)23-12-18(20)22/h3-10H,2,11-12H2,1H3,(H,19,21). The van der Waals surface area contributed by atoms with Crippen LogP contribution in [0.1, 0.15) is 12.5 Å². The SMILES string of the molecule is CCc1cccc(NC(=O)CN2C(=O)CSc3ccccc32)c1. The van der Waals surface area contributed by atoms with Crippen LogP contribution in [-0.2, 0) is 16.0 Å². The van der Waals surface area contributed by atoms with Gasteiger partial charge in [-0.2, -0.15) is 0 Å². The summed E-state index contributed by atoms with van der Waals surface area (Å²) in [4.78, 5) is 27.1. The first kappa shape index (κ1) is 15.6. The molecule has 2 aromatic rings. The molecule has 0 spiro atoms. The zero-order chi connectivity index (χ0) is 16.2. The summed E-state index contributed by atoms with van der Waals surface area (Å²) in [6.07, 6.45) is 0.916. The highest BCUT2D eigenvalue weighted by Crippen LogP contribution is 2.34. The molecule has 118 valence electrons. The third-order valence-electron chi connectivity index (χ3n) is 3.73. The quantitative estimate of drug-likeness (QED) is 0.937. The minimum atomic E-state index is -0.187. The molecule has 1 heterocycles. The molecule has 3 rings (SSSR count). The first-order valence-corrected chi connectivity index (χ1v) is 8.57. The fraction of sp³-hybridized carbons (Fsp3) is 0.222. The highest BCUT2D eigenvalue weighted by atomic mass is 32.2. The summed E-state index contributed by atoms with van der Waals surface area (Å²) < 4.78 is 0. The van der Waals surface area contributed by atoms with Crippen LogP contribution in [0.25, 0.3) is 0 Å². The Bertz CT molecular complexity index is 745. The lowest BCUT2D eigenvalue weighted by Crippen LogP contribution is -2.41. The smallest absolute Gasteiger partial charge is 0.244 e. The van der Waals surface area contributed by atoms with Crippen LogP contribution >= 0.6 is 11.8 Å². The molecule has 0 aliphatic carbocycles. The summed E-state index contributed by atoms with van der Waals surface area (Å²) in [5.74, 6) is 0.148. The molecule has 0 aromatic heterocycles. The Morgan fingerprint density at radius 1 is 1.22 bits per heavy atom. The second-order valence-electron chi connectivity index (χ2n) is 5.34. The van der Waals surface area contributed by atoms with Crippen LogP contribution in [0.3, 0.4) is 0 Å². The van der Waals surface area contributed by atoms with Crippen molar-refractivity contribution in [1.29, 1.82) is 0 Å². The van der Waals surface area contributed by atoms with Gasteiger partial charge in [0.25, 0.3) is 0 Å². The molecule has 0 saturated heterocycles. The molecule has 23 heavy (non-hydrogen) atoms. The van der Waals surface area contributed by atoms with Crippen molar-refractivity contribution in [2.24, 2.45) is 0 Å². The molecule has 0 unspecified atom stereocenters. The Hall–Kier alpha value is -2.27. The largest absolute Gasteiger partial charge is 0.325 e. The van der Waals surface area contributed by atoms with Gasteiger partial charge in [0.15, 0.2) is 0 Å². The van der Waals surface area contributed by atoms with Crippen LogP contribution in [0.2, 0.25) is 0 Å². The van der Waals surface area contributed by atoms with Crippen LogP contribution in [-0.4, -0.2) is 24.1 Å². The molecule has 5 heteroatoms. The van der Waals surface area contributed by atoms with Gasteiger partial charge < -0.3 is 10.2 Å². The number of carbonyl (C=O) groups excluding carboxylic acids is 2. The van der Waals surface area contributed by atoms with Crippen LogP contribution < -0.4 is 10.2 Å². The fourth-order valence-electron chi connectivity index (χ4n) is 2.54. The maximum Gasteiger partial charge on any atom is 0.244 e. The van der Waals surface area contributed by atoms with Crippen molar-refractivity contribution in [3.8, 4) is 0 Å². The van der Waals surface area contributed by atoms with Gasteiger partial charge in [-0.1, -0.05) is 31.2 Å². The molecule has 0 radical (unpaired) electrons. The van der Waals surface area contributed by atoms with Crippen molar-refractivity contribution in [2.45, 2.75) is 18.2 Å². The number of aryl methyl sites for hydroxylation is 1. The van der Waals surface area contributed by atoms with E-state index in [0.717, 1.165) is 22.7 Å². The van der Waals surface area contributed by atoms with Crippen LogP contribution in [0.4, 0.5) is 11.4 Å². The minimum Gasteiger partial charge on any atom is -0.325 e. The summed E-state index contributed by atoms with van der Waals surface area (Å²) in [5, 5.41) is 2.88. The number of hydrogen-bond acceptors (Lipinski definition) is 3. The Morgan fingerprint density at radius 3 is 2.87 bits per heavy atom. The van der Waals surface area contributed by atoms with Gasteiger partial charge in [-0.05, 0) is 36.2 Å². The van der Waals surface area contributed by atoms with Crippen molar-refractivity contribution in [1.82, 2.24) is 0 Å². The molecular weight excluding hydrogens is 308 g/mol. The van der Waals surface area contributed by atoms with Crippen molar-refractivity contribution >= 4 is 35.0 Å². The summed E-state index contributed by atoms with van der Waals surface area (Å²) >= 11 is 1.51. The second-order valence-corrected chi connectivity index (χ2v) is 6.36. The predicted molar refractivity (Wildman–Crippen MR) is 94.0 cm³/mol. The Balaban J connectivity index is 1.73. The van der Waals surface area contributed by atoms with E-state index in [0.29, 0.717) is 5.75 Å². The van der Waals surface area contributed by atoms with Crippen LogP contribution in [0.15, 0.2) is 53.4 Å². The molecule has 0 atom stereocenters. The molecule has 1 aliphatic heterocycles. The maximum absolute atomic E-state index is 12.3. The molecule has 1 aliphatic rings. The molecule has 0 bridgehead atoms. The normalized spacial score (nSPS) is 13.6. The van der Waals surface area contributed by atoms with E-state index in [1.54, 1.807) is 4.90 Å². The minimum absolute atomic E-state index is 0.0345. The summed E-state index contributed by atoms with van der Waals surface area (Å²) in [5.41, 5.74) is 2.74. The van der Waals surface area contributed by atoms with Gasteiger partial charge in [-0.3, -0.25) is 9.59 Å². The van der Waals surface area contributed by atoms with Gasteiger partial charge in [-0.25, -0.2) is 0 Å². The van der Waals surface area contributed by atoms with Crippen LogP contribution in [0, 0.1) is 0 Å². The number of nitrogens with zero attached hydrogens (tertiary/aromatic N) is 1. The highest BCUT2D eigenvalue weighted by Gasteiger charge is 2.26. The summed E-state index contributed by atoms with van der Waals surface area (Å²) in [6, 6.07) is 15.4. The lowest BCUT2D eigenvalue weighted by Gasteiger charge is -2.28. The predicted octanol–water partition coefficient (Wildman–Crippen LogP) is 3.33. The van der Waals surface area contributed by atoms with Gasteiger partial charge in [0, 0.05) is 10.6 Å². The average molecular weight is 326 g/mol.